The lowest BCUT2D eigenvalue weighted by molar-refractivity contribution is -0.138. The number of carbonyl (C=O) groups is 2. The Morgan fingerprint density at radius 3 is 2.38 bits per heavy atom. The van der Waals surface area contributed by atoms with Crippen LogP contribution in [0.1, 0.15) is 33.3 Å². The molecule has 1 aromatic carbocycles. The minimum Gasteiger partial charge on any atom is -0.475 e. The molecule has 4 N–H and O–H groups in total. The Balaban J connectivity index is 0.000000269. The first-order chi connectivity index (χ1) is 15.3. The summed E-state index contributed by atoms with van der Waals surface area (Å²) in [5.41, 5.74) is 5.85. The molecule has 164 valence electrons. The number of nitrogens with one attached hydrogen (secondary N) is 1. The van der Waals surface area contributed by atoms with E-state index in [9.17, 15) is 24.3 Å². The van der Waals surface area contributed by atoms with E-state index in [1.807, 2.05) is 30.3 Å². The van der Waals surface area contributed by atoms with E-state index in [1.165, 1.54) is 12.4 Å². The van der Waals surface area contributed by atoms with E-state index < -0.39 is 29.2 Å². The van der Waals surface area contributed by atoms with Gasteiger partial charge in [0.2, 0.25) is 11.7 Å². The van der Waals surface area contributed by atoms with Gasteiger partial charge in [-0.05, 0) is 24.6 Å². The summed E-state index contributed by atoms with van der Waals surface area (Å²) in [6, 6.07) is 12.4. The minimum atomic E-state index is -1.27. The smallest absolute Gasteiger partial charge is 0.372 e. The third-order valence-electron chi connectivity index (χ3n) is 4.68. The van der Waals surface area contributed by atoms with Crippen molar-refractivity contribution in [3.8, 4) is 0 Å². The van der Waals surface area contributed by atoms with Crippen molar-refractivity contribution < 1.29 is 19.4 Å². The van der Waals surface area contributed by atoms with Gasteiger partial charge in [-0.1, -0.05) is 30.3 Å². The summed E-state index contributed by atoms with van der Waals surface area (Å²) in [5, 5.41) is 9.18. The van der Waals surface area contributed by atoms with Crippen LogP contribution in [0.15, 0.2) is 70.2 Å². The first-order valence-corrected chi connectivity index (χ1v) is 9.48. The fraction of sp³-hybridized carbons (Fsp3) is 0.136. The van der Waals surface area contributed by atoms with Crippen molar-refractivity contribution in [2.45, 2.75) is 19.4 Å². The van der Waals surface area contributed by atoms with Crippen LogP contribution in [0.5, 0.6) is 0 Å². The quantitative estimate of drug-likeness (QED) is 0.555. The average molecular weight is 436 g/mol. The zero-order valence-electron chi connectivity index (χ0n) is 17.0. The van der Waals surface area contributed by atoms with Gasteiger partial charge in [0.25, 0.3) is 5.56 Å². The molecule has 0 saturated carbocycles. The Hall–Kier alpha value is -4.47. The first kappa shape index (κ1) is 22.2. The van der Waals surface area contributed by atoms with Gasteiger partial charge in [0.1, 0.15) is 6.10 Å². The topological polar surface area (TPSA) is 157 Å². The number of ether oxygens (including phenoxy) is 1. The molecule has 10 nitrogen and oxygen atoms in total. The summed E-state index contributed by atoms with van der Waals surface area (Å²) in [6.07, 6.45) is 3.75. The molecule has 4 rings (SSSR count). The molecule has 1 amide bonds. The highest BCUT2D eigenvalue weighted by Gasteiger charge is 2.29. The van der Waals surface area contributed by atoms with Crippen LogP contribution < -0.4 is 17.0 Å². The summed E-state index contributed by atoms with van der Waals surface area (Å²) in [7, 11) is 0. The number of aromatic amines is 1. The minimum absolute atomic E-state index is 0.325. The molecular weight excluding hydrogens is 416 g/mol. The number of aromatic nitrogens is 3. The number of fused-ring (bicyclic) bond motifs is 1. The van der Waals surface area contributed by atoms with Gasteiger partial charge in [0.15, 0.2) is 0 Å². The van der Waals surface area contributed by atoms with E-state index in [0.717, 1.165) is 16.3 Å². The largest absolute Gasteiger partial charge is 0.475 e. The Morgan fingerprint density at radius 2 is 1.81 bits per heavy atom. The third kappa shape index (κ3) is 4.98. The maximum atomic E-state index is 12.0. The van der Waals surface area contributed by atoms with Crippen LogP contribution in [0.25, 0.3) is 6.20 Å². The number of carbonyl (C=O) groups excluding carboxylic acids is 1. The van der Waals surface area contributed by atoms with Gasteiger partial charge in [-0.25, -0.2) is 9.59 Å². The van der Waals surface area contributed by atoms with E-state index in [1.54, 1.807) is 19.1 Å². The number of pyridine rings is 1. The number of amides is 1. The van der Waals surface area contributed by atoms with Crippen molar-refractivity contribution in [1.29, 1.82) is 0 Å². The molecule has 1 atom stereocenters. The Morgan fingerprint density at radius 1 is 1.16 bits per heavy atom. The molecule has 0 bridgehead atoms. The van der Waals surface area contributed by atoms with Gasteiger partial charge >= 0.3 is 11.7 Å². The molecule has 3 aromatic rings. The maximum absolute atomic E-state index is 12.0. The summed E-state index contributed by atoms with van der Waals surface area (Å²) >= 11 is 0. The first-order valence-electron chi connectivity index (χ1n) is 9.48. The van der Waals surface area contributed by atoms with Gasteiger partial charge in [0, 0.05) is 29.9 Å². The number of carboxylic acid groups (broad SMARTS) is 1. The molecule has 32 heavy (non-hydrogen) atoms. The highest BCUT2D eigenvalue weighted by atomic mass is 16.5. The molecular formula is C22H20N4O6. The summed E-state index contributed by atoms with van der Waals surface area (Å²) in [6.45, 7) is 1.57. The highest BCUT2D eigenvalue weighted by molar-refractivity contribution is 5.92. The fourth-order valence-corrected chi connectivity index (χ4v) is 3.13. The number of hydrogen-bond acceptors (Lipinski definition) is 6. The van der Waals surface area contributed by atoms with E-state index in [-0.39, 0.29) is 5.76 Å². The molecule has 3 heterocycles. The highest BCUT2D eigenvalue weighted by Crippen LogP contribution is 2.29. The molecule has 0 radical (unpaired) electrons. The van der Waals surface area contributed by atoms with Crippen LogP contribution in [0.2, 0.25) is 0 Å². The molecule has 2 aromatic heterocycles. The lowest BCUT2D eigenvalue weighted by Gasteiger charge is -2.27. The van der Waals surface area contributed by atoms with E-state index in [2.05, 4.69) is 9.97 Å². The number of aliphatic carboxylic acids is 1. The van der Waals surface area contributed by atoms with Gasteiger partial charge in [-0.2, -0.15) is 0 Å². The second-order valence-corrected chi connectivity index (χ2v) is 6.83. The van der Waals surface area contributed by atoms with Gasteiger partial charge in [0.05, 0.1) is 11.9 Å². The van der Waals surface area contributed by atoms with Crippen LogP contribution >= 0.6 is 0 Å². The van der Waals surface area contributed by atoms with Crippen LogP contribution in [0.4, 0.5) is 0 Å². The van der Waals surface area contributed by atoms with Crippen molar-refractivity contribution in [1.82, 2.24) is 14.5 Å². The monoisotopic (exact) mass is 436 g/mol. The standard InChI is InChI=1S/C16H14N2O5.C6H6N2O/c1-9-13-11(7-10-5-3-2-4-6-10)23-12(15(20)21)8-18(13)16(22)17-14(9)19;7-6(9)5-1-3-8-4-2-5/h2-6,8,11H,7H2,1H3,(H,20,21)(H,17,19,22);1-4H,(H2,7,9). The zero-order chi connectivity index (χ0) is 23.3. The molecule has 1 unspecified atom stereocenters. The lowest BCUT2D eigenvalue weighted by Crippen LogP contribution is -2.37. The van der Waals surface area contributed by atoms with Gasteiger partial charge in [-0.15, -0.1) is 0 Å². The predicted octanol–water partition coefficient (Wildman–Crippen LogP) is 1.22. The molecule has 10 heteroatoms. The maximum Gasteiger partial charge on any atom is 0.372 e. The molecule has 0 spiro atoms. The van der Waals surface area contributed by atoms with Crippen LogP contribution in [0.3, 0.4) is 0 Å². The van der Waals surface area contributed by atoms with Crippen molar-refractivity contribution in [2.24, 2.45) is 5.73 Å². The normalized spacial score (nSPS) is 14.2. The Kier molecular flexibility index (Phi) is 6.64. The summed E-state index contributed by atoms with van der Waals surface area (Å²) in [4.78, 5) is 51.4. The van der Waals surface area contributed by atoms with Crippen LogP contribution in [-0.4, -0.2) is 31.5 Å². The molecule has 1 aliphatic heterocycles. The second kappa shape index (κ2) is 9.56. The third-order valence-corrected chi connectivity index (χ3v) is 4.68. The van der Waals surface area contributed by atoms with Crippen molar-refractivity contribution >= 4 is 18.1 Å². The van der Waals surface area contributed by atoms with Crippen molar-refractivity contribution in [3.63, 3.8) is 0 Å². The number of primary amides is 1. The second-order valence-electron chi connectivity index (χ2n) is 6.83. The van der Waals surface area contributed by atoms with E-state index in [4.69, 9.17) is 10.5 Å². The SMILES string of the molecule is Cc1c2n(c(=O)[nH]c1=O)C=C(C(=O)O)OC2Cc1ccccc1.NC(=O)c1ccncc1. The average Bonchev–Trinajstić information content (AvgIpc) is 2.79. The van der Waals surface area contributed by atoms with E-state index in [0.29, 0.717) is 23.2 Å². The van der Waals surface area contributed by atoms with E-state index >= 15 is 0 Å². The molecule has 0 fully saturated rings. The summed E-state index contributed by atoms with van der Waals surface area (Å²) < 4.78 is 6.65. The molecule has 1 aliphatic rings. The lowest BCUT2D eigenvalue weighted by atomic mass is 10.0. The van der Waals surface area contributed by atoms with Gasteiger partial charge < -0.3 is 15.6 Å². The number of benzene rings is 1. The number of rotatable bonds is 4. The number of hydrogen-bond donors (Lipinski definition) is 3. The van der Waals surface area contributed by atoms with Crippen LogP contribution in [0, 0.1) is 6.92 Å². The van der Waals surface area contributed by atoms with Crippen LogP contribution in [-0.2, 0) is 16.0 Å². The molecule has 0 aliphatic carbocycles. The number of H-pyrrole nitrogens is 1. The Bertz CT molecular complexity index is 1280. The number of nitrogens with zero attached hydrogens (tertiary/aromatic N) is 2. The number of carboxylic acids is 1. The summed E-state index contributed by atoms with van der Waals surface area (Å²) in [5.74, 6) is -2.03. The van der Waals surface area contributed by atoms with Crippen molar-refractivity contribution in [3.05, 3.63) is 104 Å². The Labute approximate surface area is 181 Å². The van der Waals surface area contributed by atoms with Crippen molar-refractivity contribution in [2.75, 3.05) is 0 Å². The zero-order valence-corrected chi connectivity index (χ0v) is 17.0. The number of nitrogens with two attached hydrogens (primary N) is 1. The predicted molar refractivity (Wildman–Crippen MR) is 115 cm³/mol. The molecule has 0 saturated heterocycles. The fourth-order valence-electron chi connectivity index (χ4n) is 3.13. The van der Waals surface area contributed by atoms with Gasteiger partial charge in [-0.3, -0.25) is 24.1 Å².